The fourth-order valence-electron chi connectivity index (χ4n) is 1.61. The van der Waals surface area contributed by atoms with E-state index in [1.165, 1.54) is 7.11 Å². The predicted octanol–water partition coefficient (Wildman–Crippen LogP) is 1.90. The van der Waals surface area contributed by atoms with Gasteiger partial charge in [-0.1, -0.05) is 36.4 Å². The van der Waals surface area contributed by atoms with Gasteiger partial charge < -0.3 is 4.74 Å². The zero-order chi connectivity index (χ0) is 12.1. The van der Waals surface area contributed by atoms with Crippen molar-refractivity contribution in [2.75, 3.05) is 13.7 Å². The lowest BCUT2D eigenvalue weighted by Crippen LogP contribution is -2.27. The molecule has 0 saturated heterocycles. The molecule has 0 aromatic heterocycles. The first-order valence-electron chi connectivity index (χ1n) is 5.23. The molecule has 0 atom stereocenters. The van der Waals surface area contributed by atoms with Gasteiger partial charge in [0.2, 0.25) is 0 Å². The number of amides is 1. The van der Waals surface area contributed by atoms with Crippen LogP contribution in [0.3, 0.4) is 0 Å². The Morgan fingerprint density at radius 3 is 2.76 bits per heavy atom. The highest BCUT2D eigenvalue weighted by Gasteiger charge is 2.04. The third-order valence-electron chi connectivity index (χ3n) is 2.32. The van der Waals surface area contributed by atoms with Crippen LogP contribution in [0.15, 0.2) is 42.5 Å². The number of carbonyl (C=O) groups excluding carboxylic acids is 1. The van der Waals surface area contributed by atoms with Crippen LogP contribution in [-0.4, -0.2) is 19.6 Å². The molecule has 2 aromatic carbocycles. The standard InChI is InChI=1S/C13H13NO3/c1-16-14-13(15)9-17-12-8-4-6-10-5-2-3-7-11(10)12/h2-8H,9H2,1H3,(H,14,15). The third kappa shape index (κ3) is 2.73. The SMILES string of the molecule is CONC(=O)COc1cccc2ccccc12. The first kappa shape index (κ1) is 11.4. The normalized spacial score (nSPS) is 10.2. The second-order valence-corrected chi connectivity index (χ2v) is 3.50. The van der Waals surface area contributed by atoms with Crippen molar-refractivity contribution in [3.8, 4) is 5.75 Å². The van der Waals surface area contributed by atoms with Crippen LogP contribution in [0.1, 0.15) is 0 Å². The molecule has 0 fully saturated rings. The quantitative estimate of drug-likeness (QED) is 0.817. The van der Waals surface area contributed by atoms with Gasteiger partial charge in [0, 0.05) is 5.39 Å². The maximum atomic E-state index is 11.2. The van der Waals surface area contributed by atoms with Crippen LogP contribution < -0.4 is 10.2 Å². The highest BCUT2D eigenvalue weighted by atomic mass is 16.6. The van der Waals surface area contributed by atoms with Crippen molar-refractivity contribution < 1.29 is 14.4 Å². The van der Waals surface area contributed by atoms with E-state index < -0.39 is 0 Å². The van der Waals surface area contributed by atoms with Gasteiger partial charge in [-0.15, -0.1) is 0 Å². The van der Waals surface area contributed by atoms with Crippen molar-refractivity contribution in [1.29, 1.82) is 0 Å². The molecule has 1 amide bonds. The minimum absolute atomic E-state index is 0.0676. The van der Waals surface area contributed by atoms with Gasteiger partial charge >= 0.3 is 0 Å². The molecule has 4 nitrogen and oxygen atoms in total. The van der Waals surface area contributed by atoms with Gasteiger partial charge in [-0.2, -0.15) is 0 Å². The monoisotopic (exact) mass is 231 g/mol. The highest BCUT2D eigenvalue weighted by Crippen LogP contribution is 2.24. The molecule has 0 radical (unpaired) electrons. The highest BCUT2D eigenvalue weighted by molar-refractivity contribution is 5.88. The molecule has 1 N–H and O–H groups in total. The Kier molecular flexibility index (Phi) is 3.57. The van der Waals surface area contributed by atoms with Gasteiger partial charge in [0.15, 0.2) is 6.61 Å². The van der Waals surface area contributed by atoms with Crippen LogP contribution in [0.25, 0.3) is 10.8 Å². The second kappa shape index (κ2) is 5.32. The first-order chi connectivity index (χ1) is 8.31. The van der Waals surface area contributed by atoms with Crippen molar-refractivity contribution in [2.45, 2.75) is 0 Å². The van der Waals surface area contributed by atoms with E-state index in [1.807, 2.05) is 42.5 Å². The molecular weight excluding hydrogens is 218 g/mol. The van der Waals surface area contributed by atoms with Crippen LogP contribution in [0, 0.1) is 0 Å². The van der Waals surface area contributed by atoms with Crippen molar-refractivity contribution in [3.63, 3.8) is 0 Å². The average molecular weight is 231 g/mol. The Morgan fingerprint density at radius 1 is 1.18 bits per heavy atom. The molecule has 0 saturated carbocycles. The first-order valence-corrected chi connectivity index (χ1v) is 5.23. The molecule has 0 unspecified atom stereocenters. The van der Waals surface area contributed by atoms with E-state index >= 15 is 0 Å². The zero-order valence-electron chi connectivity index (χ0n) is 9.47. The van der Waals surface area contributed by atoms with E-state index in [-0.39, 0.29) is 12.5 Å². The largest absolute Gasteiger partial charge is 0.483 e. The van der Waals surface area contributed by atoms with E-state index in [4.69, 9.17) is 4.74 Å². The van der Waals surface area contributed by atoms with Gasteiger partial charge in [0.05, 0.1) is 7.11 Å². The molecule has 4 heteroatoms. The lowest BCUT2D eigenvalue weighted by atomic mass is 10.1. The Labute approximate surface area is 99.1 Å². The summed E-state index contributed by atoms with van der Waals surface area (Å²) in [7, 11) is 1.38. The number of fused-ring (bicyclic) bond motifs is 1. The molecule has 0 spiro atoms. The summed E-state index contributed by atoms with van der Waals surface area (Å²) in [6, 6.07) is 13.6. The van der Waals surface area contributed by atoms with Gasteiger partial charge in [-0.05, 0) is 11.5 Å². The Morgan fingerprint density at radius 2 is 1.94 bits per heavy atom. The number of rotatable bonds is 4. The minimum atomic E-state index is -0.319. The number of ether oxygens (including phenoxy) is 1. The van der Waals surface area contributed by atoms with Crippen LogP contribution in [-0.2, 0) is 9.63 Å². The lowest BCUT2D eigenvalue weighted by Gasteiger charge is -2.08. The smallest absolute Gasteiger partial charge is 0.281 e. The molecule has 0 bridgehead atoms. The maximum absolute atomic E-state index is 11.2. The zero-order valence-corrected chi connectivity index (χ0v) is 9.47. The summed E-state index contributed by atoms with van der Waals surface area (Å²) in [5, 5.41) is 2.07. The van der Waals surface area contributed by atoms with E-state index in [0.717, 1.165) is 10.8 Å². The van der Waals surface area contributed by atoms with E-state index in [9.17, 15) is 4.79 Å². The molecule has 0 aliphatic carbocycles. The van der Waals surface area contributed by atoms with Gasteiger partial charge in [0.25, 0.3) is 5.91 Å². The van der Waals surface area contributed by atoms with Crippen molar-refractivity contribution in [3.05, 3.63) is 42.5 Å². The van der Waals surface area contributed by atoms with Gasteiger partial charge in [-0.25, -0.2) is 5.48 Å². The Balaban J connectivity index is 2.16. The summed E-state index contributed by atoms with van der Waals surface area (Å²) in [5.74, 6) is 0.370. The van der Waals surface area contributed by atoms with Crippen molar-refractivity contribution >= 4 is 16.7 Å². The molecule has 88 valence electrons. The summed E-state index contributed by atoms with van der Waals surface area (Å²) >= 11 is 0. The van der Waals surface area contributed by atoms with Gasteiger partial charge in [0.1, 0.15) is 5.75 Å². The Hall–Kier alpha value is -2.07. The van der Waals surface area contributed by atoms with Crippen molar-refractivity contribution in [2.24, 2.45) is 0 Å². The average Bonchev–Trinajstić information content (AvgIpc) is 2.36. The van der Waals surface area contributed by atoms with Gasteiger partial charge in [-0.3, -0.25) is 9.63 Å². The summed E-state index contributed by atoms with van der Waals surface area (Å²) in [4.78, 5) is 15.7. The Bertz CT molecular complexity index is 520. The second-order valence-electron chi connectivity index (χ2n) is 3.50. The molecule has 2 aromatic rings. The summed E-state index contributed by atoms with van der Waals surface area (Å²) in [5.41, 5.74) is 2.20. The van der Waals surface area contributed by atoms with E-state index in [2.05, 4.69) is 10.3 Å². The van der Waals surface area contributed by atoms with Crippen LogP contribution in [0.2, 0.25) is 0 Å². The molecular formula is C13H13NO3. The van der Waals surface area contributed by atoms with Crippen molar-refractivity contribution in [1.82, 2.24) is 5.48 Å². The number of hydroxylamine groups is 1. The fourth-order valence-corrected chi connectivity index (χ4v) is 1.61. The third-order valence-corrected chi connectivity index (χ3v) is 2.32. The van der Waals surface area contributed by atoms with Crippen LogP contribution >= 0.6 is 0 Å². The topological polar surface area (TPSA) is 47.6 Å². The molecule has 0 aliphatic rings. The van der Waals surface area contributed by atoms with Crippen LogP contribution in [0.4, 0.5) is 0 Å². The van der Waals surface area contributed by atoms with E-state index in [1.54, 1.807) is 0 Å². The maximum Gasteiger partial charge on any atom is 0.281 e. The number of nitrogens with one attached hydrogen (secondary N) is 1. The number of hydrogen-bond acceptors (Lipinski definition) is 3. The molecule has 0 heterocycles. The summed E-state index contributed by atoms with van der Waals surface area (Å²) < 4.78 is 5.44. The van der Waals surface area contributed by atoms with Crippen LogP contribution in [0.5, 0.6) is 5.75 Å². The molecule has 0 aliphatic heterocycles. The van der Waals surface area contributed by atoms with E-state index in [0.29, 0.717) is 5.75 Å². The summed E-state index contributed by atoms with van der Waals surface area (Å²) in [6.45, 7) is -0.0676. The summed E-state index contributed by atoms with van der Waals surface area (Å²) in [6.07, 6.45) is 0. The molecule has 2 rings (SSSR count). The number of carbonyl (C=O) groups is 1. The number of benzene rings is 2. The molecule has 17 heavy (non-hydrogen) atoms. The number of hydrogen-bond donors (Lipinski definition) is 1. The fraction of sp³-hybridized carbons (Fsp3) is 0.154. The predicted molar refractivity (Wildman–Crippen MR) is 64.6 cm³/mol. The minimum Gasteiger partial charge on any atom is -0.483 e. The lowest BCUT2D eigenvalue weighted by molar-refractivity contribution is -0.133.